The maximum absolute atomic E-state index is 9.60. The Morgan fingerprint density at radius 1 is 1.10 bits per heavy atom. The first kappa shape index (κ1) is 12.9. The maximum Gasteiger partial charge on any atom is 0.151 e. The molecule has 0 amide bonds. The summed E-state index contributed by atoms with van der Waals surface area (Å²) < 4.78 is 0. The van der Waals surface area contributed by atoms with Crippen molar-refractivity contribution in [1.82, 2.24) is 4.98 Å². The van der Waals surface area contributed by atoms with E-state index in [2.05, 4.69) is 11.1 Å². The minimum Gasteiger partial charge on any atom is -0.508 e. The average Bonchev–Trinajstić information content (AvgIpc) is 2.53. The standard InChI is InChI=1S/C17H13N3O/c1-20(14-6-4-7-15(21)10-14)17-13(11-18)9-12-5-2-3-8-16(12)19-17/h2-10,21H,1H3. The van der Waals surface area contributed by atoms with E-state index in [9.17, 15) is 10.4 Å². The van der Waals surface area contributed by atoms with E-state index in [1.165, 1.54) is 0 Å². The molecule has 0 aliphatic carbocycles. The third-order valence-electron chi connectivity index (χ3n) is 3.36. The highest BCUT2D eigenvalue weighted by Crippen LogP contribution is 2.29. The van der Waals surface area contributed by atoms with E-state index in [1.807, 2.05) is 43.4 Å². The quantitative estimate of drug-likeness (QED) is 0.776. The van der Waals surface area contributed by atoms with Crippen LogP contribution in [0.5, 0.6) is 5.75 Å². The molecule has 0 aliphatic heterocycles. The fourth-order valence-corrected chi connectivity index (χ4v) is 2.27. The molecule has 2 aromatic carbocycles. The Labute approximate surface area is 122 Å². The third kappa shape index (κ3) is 2.37. The van der Waals surface area contributed by atoms with Crippen LogP contribution in [0.3, 0.4) is 0 Å². The minimum atomic E-state index is 0.179. The lowest BCUT2D eigenvalue weighted by Crippen LogP contribution is -2.13. The van der Waals surface area contributed by atoms with Gasteiger partial charge in [0.15, 0.2) is 5.82 Å². The van der Waals surface area contributed by atoms with Crippen LogP contribution in [-0.4, -0.2) is 17.1 Å². The summed E-state index contributed by atoms with van der Waals surface area (Å²) in [5.74, 6) is 0.750. The van der Waals surface area contributed by atoms with Gasteiger partial charge in [0.2, 0.25) is 0 Å². The third-order valence-corrected chi connectivity index (χ3v) is 3.36. The second-order valence-corrected chi connectivity index (χ2v) is 4.74. The van der Waals surface area contributed by atoms with Crippen molar-refractivity contribution < 1.29 is 5.11 Å². The Hall–Kier alpha value is -3.06. The molecule has 102 valence electrons. The van der Waals surface area contributed by atoms with E-state index < -0.39 is 0 Å². The fraction of sp³-hybridized carbons (Fsp3) is 0.0588. The number of benzene rings is 2. The molecule has 3 rings (SSSR count). The lowest BCUT2D eigenvalue weighted by atomic mass is 10.1. The van der Waals surface area contributed by atoms with Crippen LogP contribution in [0.25, 0.3) is 10.9 Å². The van der Waals surface area contributed by atoms with Crippen LogP contribution in [0.15, 0.2) is 54.6 Å². The zero-order valence-electron chi connectivity index (χ0n) is 11.5. The summed E-state index contributed by atoms with van der Waals surface area (Å²) in [5.41, 5.74) is 2.10. The number of rotatable bonds is 2. The Bertz CT molecular complexity index is 852. The summed E-state index contributed by atoms with van der Waals surface area (Å²) in [4.78, 5) is 6.37. The Balaban J connectivity index is 2.17. The number of aromatic nitrogens is 1. The summed E-state index contributed by atoms with van der Waals surface area (Å²) in [6.07, 6.45) is 0. The number of para-hydroxylation sites is 1. The predicted octanol–water partition coefficient (Wildman–Crippen LogP) is 3.58. The summed E-state index contributed by atoms with van der Waals surface area (Å²) in [5, 5.41) is 19.9. The lowest BCUT2D eigenvalue weighted by molar-refractivity contribution is 0.475. The highest BCUT2D eigenvalue weighted by molar-refractivity contribution is 5.84. The van der Waals surface area contributed by atoms with Crippen molar-refractivity contribution in [2.45, 2.75) is 0 Å². The number of anilines is 2. The van der Waals surface area contributed by atoms with E-state index in [0.717, 1.165) is 16.6 Å². The molecular formula is C17H13N3O. The molecule has 0 spiro atoms. The zero-order valence-corrected chi connectivity index (χ0v) is 11.5. The van der Waals surface area contributed by atoms with E-state index in [4.69, 9.17) is 0 Å². The molecular weight excluding hydrogens is 262 g/mol. The summed E-state index contributed by atoms with van der Waals surface area (Å²) in [6.45, 7) is 0. The predicted molar refractivity (Wildman–Crippen MR) is 82.6 cm³/mol. The number of phenolic OH excluding ortho intramolecular Hbond substituents is 1. The molecule has 3 aromatic rings. The second-order valence-electron chi connectivity index (χ2n) is 4.74. The molecule has 0 aliphatic rings. The Morgan fingerprint density at radius 3 is 2.67 bits per heavy atom. The van der Waals surface area contributed by atoms with E-state index in [-0.39, 0.29) is 5.75 Å². The number of phenols is 1. The van der Waals surface area contributed by atoms with Gasteiger partial charge in [0.05, 0.1) is 11.1 Å². The largest absolute Gasteiger partial charge is 0.508 e. The van der Waals surface area contributed by atoms with E-state index in [1.54, 1.807) is 23.1 Å². The van der Waals surface area contributed by atoms with Crippen molar-refractivity contribution in [3.05, 3.63) is 60.2 Å². The van der Waals surface area contributed by atoms with Crippen LogP contribution in [-0.2, 0) is 0 Å². The number of hydrogen-bond acceptors (Lipinski definition) is 4. The molecule has 21 heavy (non-hydrogen) atoms. The first-order valence-corrected chi connectivity index (χ1v) is 6.51. The van der Waals surface area contributed by atoms with Gasteiger partial charge < -0.3 is 10.0 Å². The number of nitriles is 1. The average molecular weight is 275 g/mol. The van der Waals surface area contributed by atoms with Gasteiger partial charge in [-0.15, -0.1) is 0 Å². The summed E-state index contributed by atoms with van der Waals surface area (Å²) in [7, 11) is 1.83. The van der Waals surface area contributed by atoms with Crippen LogP contribution in [0.4, 0.5) is 11.5 Å². The second kappa shape index (κ2) is 5.14. The van der Waals surface area contributed by atoms with Crippen LogP contribution < -0.4 is 4.90 Å². The van der Waals surface area contributed by atoms with Crippen molar-refractivity contribution >= 4 is 22.4 Å². The van der Waals surface area contributed by atoms with Crippen LogP contribution in [0.2, 0.25) is 0 Å². The van der Waals surface area contributed by atoms with Crippen LogP contribution in [0, 0.1) is 11.3 Å². The smallest absolute Gasteiger partial charge is 0.151 e. The topological polar surface area (TPSA) is 60.1 Å². The number of hydrogen-bond donors (Lipinski definition) is 1. The molecule has 1 N–H and O–H groups in total. The van der Waals surface area contributed by atoms with Crippen molar-refractivity contribution in [2.24, 2.45) is 0 Å². The molecule has 0 fully saturated rings. The molecule has 1 heterocycles. The van der Waals surface area contributed by atoms with Gasteiger partial charge in [-0.25, -0.2) is 4.98 Å². The minimum absolute atomic E-state index is 0.179. The first-order chi connectivity index (χ1) is 10.2. The summed E-state index contributed by atoms with van der Waals surface area (Å²) >= 11 is 0. The molecule has 0 saturated heterocycles. The molecule has 0 saturated carbocycles. The number of nitrogens with zero attached hydrogens (tertiary/aromatic N) is 3. The molecule has 1 aromatic heterocycles. The normalized spacial score (nSPS) is 10.3. The molecule has 0 bridgehead atoms. The maximum atomic E-state index is 9.60. The van der Waals surface area contributed by atoms with Gasteiger partial charge in [-0.2, -0.15) is 5.26 Å². The van der Waals surface area contributed by atoms with E-state index in [0.29, 0.717) is 11.4 Å². The fourth-order valence-electron chi connectivity index (χ4n) is 2.27. The molecule has 0 unspecified atom stereocenters. The zero-order chi connectivity index (χ0) is 14.8. The van der Waals surface area contributed by atoms with Crippen molar-refractivity contribution in [3.63, 3.8) is 0 Å². The lowest BCUT2D eigenvalue weighted by Gasteiger charge is -2.20. The Kier molecular flexibility index (Phi) is 3.17. The molecule has 4 nitrogen and oxygen atoms in total. The van der Waals surface area contributed by atoms with E-state index >= 15 is 0 Å². The highest BCUT2D eigenvalue weighted by atomic mass is 16.3. The number of fused-ring (bicyclic) bond motifs is 1. The Morgan fingerprint density at radius 2 is 1.90 bits per heavy atom. The van der Waals surface area contributed by atoms with Gasteiger partial charge in [0.25, 0.3) is 0 Å². The van der Waals surface area contributed by atoms with Crippen molar-refractivity contribution in [2.75, 3.05) is 11.9 Å². The monoisotopic (exact) mass is 275 g/mol. The number of pyridine rings is 1. The van der Waals surface area contributed by atoms with Gasteiger partial charge in [0, 0.05) is 24.2 Å². The molecule has 0 atom stereocenters. The molecule has 0 radical (unpaired) electrons. The van der Waals surface area contributed by atoms with Gasteiger partial charge in [-0.1, -0.05) is 24.3 Å². The SMILES string of the molecule is CN(c1cccc(O)c1)c1nc2ccccc2cc1C#N. The highest BCUT2D eigenvalue weighted by Gasteiger charge is 2.13. The van der Waals surface area contributed by atoms with Crippen molar-refractivity contribution in [1.29, 1.82) is 5.26 Å². The van der Waals surface area contributed by atoms with Crippen LogP contribution >= 0.6 is 0 Å². The van der Waals surface area contributed by atoms with Gasteiger partial charge in [-0.3, -0.25) is 0 Å². The van der Waals surface area contributed by atoms with Crippen LogP contribution in [0.1, 0.15) is 5.56 Å². The first-order valence-electron chi connectivity index (χ1n) is 6.51. The number of aromatic hydroxyl groups is 1. The summed E-state index contributed by atoms with van der Waals surface area (Å²) in [6, 6.07) is 18.6. The van der Waals surface area contributed by atoms with Crippen molar-refractivity contribution in [3.8, 4) is 11.8 Å². The van der Waals surface area contributed by atoms with Gasteiger partial charge in [-0.05, 0) is 24.3 Å². The molecule has 4 heteroatoms. The van der Waals surface area contributed by atoms with Gasteiger partial charge in [0.1, 0.15) is 11.8 Å². The van der Waals surface area contributed by atoms with Gasteiger partial charge >= 0.3 is 0 Å².